The van der Waals surface area contributed by atoms with Crippen molar-refractivity contribution in [2.45, 2.75) is 13.5 Å². The summed E-state index contributed by atoms with van der Waals surface area (Å²) in [5, 5.41) is 4.35. The monoisotopic (exact) mass is 335 g/mol. The molecule has 3 rings (SSSR count). The van der Waals surface area contributed by atoms with Gasteiger partial charge in [-0.2, -0.15) is 5.10 Å². The second-order valence-electron chi connectivity index (χ2n) is 5.48. The van der Waals surface area contributed by atoms with Gasteiger partial charge in [-0.1, -0.05) is 12.0 Å². The standard InChI is InChI=1S/C19H17N3O3/c1-13-4-5-16(19(23)25-3)9-15(13)6-7-17-11-20-18-8-14(12-24-2)10-21-22(17)18/h4-5,8-11H,12H2,1-3H3. The summed E-state index contributed by atoms with van der Waals surface area (Å²) in [6.07, 6.45) is 3.40. The molecule has 0 amide bonds. The van der Waals surface area contributed by atoms with E-state index in [1.54, 1.807) is 36.2 Å². The molecule has 0 N–H and O–H groups in total. The van der Waals surface area contributed by atoms with Gasteiger partial charge in [0.15, 0.2) is 5.65 Å². The number of rotatable bonds is 3. The minimum Gasteiger partial charge on any atom is -0.465 e. The Labute approximate surface area is 145 Å². The fourth-order valence-electron chi connectivity index (χ4n) is 2.38. The van der Waals surface area contributed by atoms with Gasteiger partial charge in [0.2, 0.25) is 0 Å². The van der Waals surface area contributed by atoms with E-state index in [2.05, 4.69) is 21.9 Å². The highest BCUT2D eigenvalue weighted by Gasteiger charge is 2.07. The molecule has 0 spiro atoms. The summed E-state index contributed by atoms with van der Waals surface area (Å²) in [7, 11) is 2.99. The quantitative estimate of drug-likeness (QED) is 0.543. The predicted molar refractivity (Wildman–Crippen MR) is 92.2 cm³/mol. The van der Waals surface area contributed by atoms with Crippen LogP contribution in [0.4, 0.5) is 0 Å². The zero-order valence-electron chi connectivity index (χ0n) is 14.2. The molecule has 6 heteroatoms. The molecule has 126 valence electrons. The van der Waals surface area contributed by atoms with Gasteiger partial charge in [0.05, 0.1) is 31.7 Å². The van der Waals surface area contributed by atoms with Crippen molar-refractivity contribution in [3.63, 3.8) is 0 Å². The van der Waals surface area contributed by atoms with Gasteiger partial charge in [-0.3, -0.25) is 0 Å². The fourth-order valence-corrected chi connectivity index (χ4v) is 2.38. The largest absolute Gasteiger partial charge is 0.465 e. The van der Waals surface area contributed by atoms with Crippen LogP contribution in [-0.2, 0) is 16.1 Å². The number of hydrogen-bond donors (Lipinski definition) is 0. The zero-order valence-corrected chi connectivity index (χ0v) is 14.2. The lowest BCUT2D eigenvalue weighted by molar-refractivity contribution is 0.0600. The van der Waals surface area contributed by atoms with Gasteiger partial charge < -0.3 is 9.47 Å². The van der Waals surface area contributed by atoms with E-state index in [1.807, 2.05) is 19.1 Å². The maximum Gasteiger partial charge on any atom is 0.337 e. The Balaban J connectivity index is 1.96. The van der Waals surface area contributed by atoms with Crippen LogP contribution >= 0.6 is 0 Å². The van der Waals surface area contributed by atoms with Crippen LogP contribution in [0.5, 0.6) is 0 Å². The number of carbonyl (C=O) groups is 1. The first kappa shape index (κ1) is 16.7. The Kier molecular flexibility index (Phi) is 4.78. The van der Waals surface area contributed by atoms with Gasteiger partial charge in [-0.25, -0.2) is 14.3 Å². The first-order valence-electron chi connectivity index (χ1n) is 7.65. The highest BCUT2D eigenvalue weighted by molar-refractivity contribution is 5.89. The molecule has 25 heavy (non-hydrogen) atoms. The molecule has 0 fully saturated rings. The van der Waals surface area contributed by atoms with Crippen molar-refractivity contribution in [3.8, 4) is 11.8 Å². The van der Waals surface area contributed by atoms with E-state index >= 15 is 0 Å². The maximum absolute atomic E-state index is 11.7. The summed E-state index contributed by atoms with van der Waals surface area (Å²) < 4.78 is 11.5. The molecule has 2 aromatic heterocycles. The normalized spacial score (nSPS) is 10.4. The lowest BCUT2D eigenvalue weighted by Gasteiger charge is -2.02. The zero-order chi connectivity index (χ0) is 17.8. The summed E-state index contributed by atoms with van der Waals surface area (Å²) >= 11 is 0. The number of fused-ring (bicyclic) bond motifs is 1. The summed E-state index contributed by atoms with van der Waals surface area (Å²) in [5.74, 6) is 5.76. The molecule has 0 saturated heterocycles. The Morgan fingerprint density at radius 3 is 2.80 bits per heavy atom. The lowest BCUT2D eigenvalue weighted by atomic mass is 10.1. The molecule has 0 aliphatic carbocycles. The highest BCUT2D eigenvalue weighted by Crippen LogP contribution is 2.12. The van der Waals surface area contributed by atoms with Gasteiger partial charge in [-0.05, 0) is 36.6 Å². The first-order valence-corrected chi connectivity index (χ1v) is 7.65. The van der Waals surface area contributed by atoms with Crippen LogP contribution in [0, 0.1) is 18.8 Å². The lowest BCUT2D eigenvalue weighted by Crippen LogP contribution is -2.02. The van der Waals surface area contributed by atoms with Crippen molar-refractivity contribution in [1.82, 2.24) is 14.6 Å². The van der Waals surface area contributed by atoms with Crippen LogP contribution in [0.25, 0.3) is 5.65 Å². The molecular weight excluding hydrogens is 318 g/mol. The third-order valence-corrected chi connectivity index (χ3v) is 3.71. The van der Waals surface area contributed by atoms with Crippen LogP contribution in [0.2, 0.25) is 0 Å². The smallest absolute Gasteiger partial charge is 0.337 e. The number of aryl methyl sites for hydroxylation is 1. The Bertz CT molecular complexity index is 996. The minimum atomic E-state index is -0.384. The van der Waals surface area contributed by atoms with Crippen LogP contribution in [0.15, 0.2) is 36.7 Å². The van der Waals surface area contributed by atoms with Crippen molar-refractivity contribution >= 4 is 11.6 Å². The third-order valence-electron chi connectivity index (χ3n) is 3.71. The molecular formula is C19H17N3O3. The molecule has 0 aliphatic rings. The number of aromatic nitrogens is 3. The van der Waals surface area contributed by atoms with E-state index in [0.717, 1.165) is 16.7 Å². The second kappa shape index (κ2) is 7.16. The summed E-state index contributed by atoms with van der Waals surface area (Å²) in [4.78, 5) is 16.0. The number of esters is 1. The topological polar surface area (TPSA) is 65.7 Å². The van der Waals surface area contributed by atoms with Crippen LogP contribution in [0.3, 0.4) is 0 Å². The van der Waals surface area contributed by atoms with E-state index in [-0.39, 0.29) is 5.97 Å². The molecule has 0 unspecified atom stereocenters. The molecule has 0 saturated carbocycles. The molecule has 0 radical (unpaired) electrons. The average molecular weight is 335 g/mol. The van der Waals surface area contributed by atoms with E-state index < -0.39 is 0 Å². The van der Waals surface area contributed by atoms with E-state index in [0.29, 0.717) is 23.5 Å². The molecule has 0 bridgehead atoms. The molecule has 2 heterocycles. The SMILES string of the molecule is COCc1cnn2c(C#Cc3cc(C(=O)OC)ccc3C)cnc2c1. The maximum atomic E-state index is 11.7. The number of methoxy groups -OCH3 is 2. The molecule has 0 atom stereocenters. The van der Waals surface area contributed by atoms with Crippen LogP contribution in [-0.4, -0.2) is 34.8 Å². The molecule has 0 aliphatic heterocycles. The number of imidazole rings is 1. The second-order valence-corrected chi connectivity index (χ2v) is 5.48. The first-order chi connectivity index (χ1) is 12.1. The number of benzene rings is 1. The fraction of sp³-hybridized carbons (Fsp3) is 0.211. The predicted octanol–water partition coefficient (Wildman–Crippen LogP) is 2.37. The van der Waals surface area contributed by atoms with Crippen LogP contribution < -0.4 is 0 Å². The molecule has 6 nitrogen and oxygen atoms in total. The van der Waals surface area contributed by atoms with Crippen LogP contribution in [0.1, 0.15) is 32.7 Å². The number of ether oxygens (including phenoxy) is 2. The van der Waals surface area contributed by atoms with Gasteiger partial charge in [0, 0.05) is 18.2 Å². The Morgan fingerprint density at radius 1 is 1.20 bits per heavy atom. The summed E-state index contributed by atoms with van der Waals surface area (Å²) in [6.45, 7) is 2.42. The van der Waals surface area contributed by atoms with E-state index in [1.165, 1.54) is 7.11 Å². The van der Waals surface area contributed by atoms with Gasteiger partial charge in [0.1, 0.15) is 5.69 Å². The Hall–Kier alpha value is -3.17. The van der Waals surface area contributed by atoms with E-state index in [4.69, 9.17) is 9.47 Å². The number of nitrogens with zero attached hydrogens (tertiary/aromatic N) is 3. The number of hydrogen-bond acceptors (Lipinski definition) is 5. The number of carbonyl (C=O) groups excluding carboxylic acids is 1. The van der Waals surface area contributed by atoms with Crippen molar-refractivity contribution in [3.05, 3.63) is 64.6 Å². The van der Waals surface area contributed by atoms with Gasteiger partial charge >= 0.3 is 5.97 Å². The summed E-state index contributed by atoms with van der Waals surface area (Å²) in [5.41, 5.74) is 4.53. The van der Waals surface area contributed by atoms with Crippen molar-refractivity contribution < 1.29 is 14.3 Å². The average Bonchev–Trinajstić information content (AvgIpc) is 3.03. The van der Waals surface area contributed by atoms with Crippen molar-refractivity contribution in [2.24, 2.45) is 0 Å². The third kappa shape index (κ3) is 3.52. The van der Waals surface area contributed by atoms with Gasteiger partial charge in [0.25, 0.3) is 0 Å². The minimum absolute atomic E-state index is 0.384. The Morgan fingerprint density at radius 2 is 2.04 bits per heavy atom. The van der Waals surface area contributed by atoms with Crippen molar-refractivity contribution in [1.29, 1.82) is 0 Å². The molecule has 3 aromatic rings. The summed E-state index contributed by atoms with van der Waals surface area (Å²) in [6, 6.07) is 7.20. The van der Waals surface area contributed by atoms with Gasteiger partial charge in [-0.15, -0.1) is 0 Å². The van der Waals surface area contributed by atoms with Crippen molar-refractivity contribution in [2.75, 3.05) is 14.2 Å². The molecule has 1 aromatic carbocycles. The highest BCUT2D eigenvalue weighted by atomic mass is 16.5. The van der Waals surface area contributed by atoms with E-state index in [9.17, 15) is 4.79 Å².